The van der Waals surface area contributed by atoms with Gasteiger partial charge in [0.2, 0.25) is 0 Å². The summed E-state index contributed by atoms with van der Waals surface area (Å²) in [5.74, 6) is 1.26. The third-order valence-corrected chi connectivity index (χ3v) is 2.32. The highest BCUT2D eigenvalue weighted by Gasteiger charge is 2.04. The third-order valence-electron chi connectivity index (χ3n) is 2.32. The quantitative estimate of drug-likeness (QED) is 0.844. The zero-order valence-corrected chi connectivity index (χ0v) is 10.8. The first-order chi connectivity index (χ1) is 8.02. The van der Waals surface area contributed by atoms with Crippen molar-refractivity contribution in [3.8, 4) is 5.75 Å². The Bertz CT molecular complexity index is 389. The molecular weight excluding hydrogens is 216 g/mol. The van der Waals surface area contributed by atoms with Crippen molar-refractivity contribution in [3.63, 3.8) is 0 Å². The largest absolute Gasteiger partial charge is 0.496 e. The summed E-state index contributed by atoms with van der Waals surface area (Å²) in [6, 6.07) is 5.37. The number of aryl methyl sites for hydroxylation is 1. The van der Waals surface area contributed by atoms with E-state index >= 15 is 0 Å². The van der Waals surface area contributed by atoms with Gasteiger partial charge in [-0.1, -0.05) is 13.8 Å². The van der Waals surface area contributed by atoms with E-state index in [2.05, 4.69) is 24.5 Å². The number of rotatable bonds is 4. The van der Waals surface area contributed by atoms with E-state index in [-0.39, 0.29) is 6.03 Å². The molecule has 0 radical (unpaired) electrons. The summed E-state index contributed by atoms with van der Waals surface area (Å²) in [5.41, 5.74) is 1.76. The van der Waals surface area contributed by atoms with Crippen molar-refractivity contribution in [2.24, 2.45) is 5.92 Å². The lowest BCUT2D eigenvalue weighted by Gasteiger charge is -2.11. The average molecular weight is 236 g/mol. The Morgan fingerprint density at radius 1 is 1.41 bits per heavy atom. The van der Waals surface area contributed by atoms with E-state index in [0.717, 1.165) is 17.0 Å². The Kier molecular flexibility index (Phi) is 4.82. The van der Waals surface area contributed by atoms with E-state index in [0.29, 0.717) is 12.5 Å². The van der Waals surface area contributed by atoms with Crippen molar-refractivity contribution in [1.29, 1.82) is 0 Å². The van der Waals surface area contributed by atoms with E-state index in [1.54, 1.807) is 7.11 Å². The molecule has 0 aliphatic heterocycles. The molecule has 17 heavy (non-hydrogen) atoms. The van der Waals surface area contributed by atoms with Gasteiger partial charge in [0.15, 0.2) is 0 Å². The van der Waals surface area contributed by atoms with Gasteiger partial charge < -0.3 is 15.4 Å². The summed E-state index contributed by atoms with van der Waals surface area (Å²) in [6.45, 7) is 6.71. The van der Waals surface area contributed by atoms with Crippen LogP contribution in [-0.4, -0.2) is 19.7 Å². The minimum absolute atomic E-state index is 0.178. The minimum atomic E-state index is -0.178. The Balaban J connectivity index is 2.57. The number of nitrogens with one attached hydrogen (secondary N) is 2. The van der Waals surface area contributed by atoms with Crippen LogP contribution in [0.2, 0.25) is 0 Å². The van der Waals surface area contributed by atoms with Gasteiger partial charge in [0.25, 0.3) is 0 Å². The van der Waals surface area contributed by atoms with E-state index in [4.69, 9.17) is 4.74 Å². The van der Waals surface area contributed by atoms with Crippen LogP contribution in [0.25, 0.3) is 0 Å². The molecule has 1 aromatic carbocycles. The Morgan fingerprint density at radius 2 is 2.12 bits per heavy atom. The summed E-state index contributed by atoms with van der Waals surface area (Å²) in [7, 11) is 1.63. The van der Waals surface area contributed by atoms with E-state index in [1.165, 1.54) is 0 Å². The Hall–Kier alpha value is -1.71. The fourth-order valence-electron chi connectivity index (χ4n) is 1.43. The lowest BCUT2D eigenvalue weighted by Crippen LogP contribution is -2.31. The molecule has 94 valence electrons. The molecule has 0 saturated carbocycles. The lowest BCUT2D eigenvalue weighted by molar-refractivity contribution is 0.251. The summed E-state index contributed by atoms with van der Waals surface area (Å²) < 4.78 is 5.16. The highest BCUT2D eigenvalue weighted by Crippen LogP contribution is 2.21. The fourth-order valence-corrected chi connectivity index (χ4v) is 1.43. The van der Waals surface area contributed by atoms with E-state index in [1.807, 2.05) is 25.1 Å². The molecule has 0 saturated heterocycles. The van der Waals surface area contributed by atoms with Gasteiger partial charge in [0, 0.05) is 12.2 Å². The molecule has 0 bridgehead atoms. The molecular formula is C13H20N2O2. The van der Waals surface area contributed by atoms with Gasteiger partial charge in [0.05, 0.1) is 7.11 Å². The molecule has 0 fully saturated rings. The maximum absolute atomic E-state index is 11.5. The molecule has 0 aliphatic rings. The van der Waals surface area contributed by atoms with Crippen LogP contribution < -0.4 is 15.4 Å². The standard InChI is InChI=1S/C13H20N2O2/c1-9(2)8-14-13(16)15-11-5-6-12(17-4)10(3)7-11/h5-7,9H,8H2,1-4H3,(H2,14,15,16). The number of methoxy groups -OCH3 is 1. The van der Waals surface area contributed by atoms with E-state index < -0.39 is 0 Å². The van der Waals surface area contributed by atoms with Crippen molar-refractivity contribution >= 4 is 11.7 Å². The van der Waals surface area contributed by atoms with Crippen molar-refractivity contribution in [2.75, 3.05) is 19.0 Å². The number of anilines is 1. The maximum Gasteiger partial charge on any atom is 0.319 e. The van der Waals surface area contributed by atoms with E-state index in [9.17, 15) is 4.79 Å². The molecule has 0 unspecified atom stereocenters. The van der Waals surface area contributed by atoms with Crippen molar-refractivity contribution in [1.82, 2.24) is 5.32 Å². The highest BCUT2D eigenvalue weighted by atomic mass is 16.5. The monoisotopic (exact) mass is 236 g/mol. The number of hydrogen-bond acceptors (Lipinski definition) is 2. The van der Waals surface area contributed by atoms with Crippen LogP contribution in [0.15, 0.2) is 18.2 Å². The number of amides is 2. The second-order valence-electron chi connectivity index (χ2n) is 4.41. The van der Waals surface area contributed by atoms with Crippen LogP contribution in [0, 0.1) is 12.8 Å². The van der Waals surface area contributed by atoms with Gasteiger partial charge in [-0.25, -0.2) is 4.79 Å². The lowest BCUT2D eigenvalue weighted by atomic mass is 10.2. The molecule has 1 aromatic rings. The second kappa shape index (κ2) is 6.13. The predicted octanol–water partition coefficient (Wildman–Crippen LogP) is 2.78. The molecule has 0 heterocycles. The highest BCUT2D eigenvalue weighted by molar-refractivity contribution is 5.89. The molecule has 2 amide bonds. The number of carbonyl (C=O) groups excluding carboxylic acids is 1. The number of carbonyl (C=O) groups is 1. The molecule has 1 rings (SSSR count). The Morgan fingerprint density at radius 3 is 2.65 bits per heavy atom. The molecule has 0 aliphatic carbocycles. The summed E-state index contributed by atoms with van der Waals surface area (Å²) in [6.07, 6.45) is 0. The van der Waals surface area contributed by atoms with Gasteiger partial charge in [-0.2, -0.15) is 0 Å². The topological polar surface area (TPSA) is 50.4 Å². The Labute approximate surface area is 102 Å². The first-order valence-electron chi connectivity index (χ1n) is 5.72. The van der Waals surface area contributed by atoms with Crippen molar-refractivity contribution in [3.05, 3.63) is 23.8 Å². The zero-order chi connectivity index (χ0) is 12.8. The fraction of sp³-hybridized carbons (Fsp3) is 0.462. The van der Waals surface area contributed by atoms with Crippen LogP contribution >= 0.6 is 0 Å². The number of benzene rings is 1. The first kappa shape index (κ1) is 13.4. The molecule has 0 atom stereocenters. The first-order valence-corrected chi connectivity index (χ1v) is 5.72. The number of hydrogen-bond donors (Lipinski definition) is 2. The summed E-state index contributed by atoms with van der Waals surface area (Å²) in [5, 5.41) is 5.58. The zero-order valence-electron chi connectivity index (χ0n) is 10.8. The van der Waals surface area contributed by atoms with Crippen LogP contribution in [0.4, 0.5) is 10.5 Å². The molecule has 0 spiro atoms. The van der Waals surface area contributed by atoms with Gasteiger partial charge in [-0.05, 0) is 36.6 Å². The van der Waals surface area contributed by atoms with Crippen LogP contribution in [0.3, 0.4) is 0 Å². The normalized spacial score (nSPS) is 10.2. The van der Waals surface area contributed by atoms with Gasteiger partial charge >= 0.3 is 6.03 Å². The summed E-state index contributed by atoms with van der Waals surface area (Å²) >= 11 is 0. The van der Waals surface area contributed by atoms with Gasteiger partial charge in [-0.3, -0.25) is 0 Å². The smallest absolute Gasteiger partial charge is 0.319 e. The molecule has 4 nitrogen and oxygen atoms in total. The van der Waals surface area contributed by atoms with Gasteiger partial charge in [0.1, 0.15) is 5.75 Å². The third kappa shape index (κ3) is 4.34. The van der Waals surface area contributed by atoms with Crippen LogP contribution in [0.1, 0.15) is 19.4 Å². The number of ether oxygens (including phenoxy) is 1. The van der Waals surface area contributed by atoms with Crippen LogP contribution in [0.5, 0.6) is 5.75 Å². The molecule has 2 N–H and O–H groups in total. The SMILES string of the molecule is COc1ccc(NC(=O)NCC(C)C)cc1C. The van der Waals surface area contributed by atoms with Crippen molar-refractivity contribution in [2.45, 2.75) is 20.8 Å². The summed E-state index contributed by atoms with van der Waals surface area (Å²) in [4.78, 5) is 11.5. The van der Waals surface area contributed by atoms with Crippen molar-refractivity contribution < 1.29 is 9.53 Å². The number of urea groups is 1. The predicted molar refractivity (Wildman–Crippen MR) is 69.6 cm³/mol. The van der Waals surface area contributed by atoms with Crippen LogP contribution in [-0.2, 0) is 0 Å². The van der Waals surface area contributed by atoms with Gasteiger partial charge in [-0.15, -0.1) is 0 Å². The maximum atomic E-state index is 11.5. The minimum Gasteiger partial charge on any atom is -0.496 e. The average Bonchev–Trinajstić information content (AvgIpc) is 2.26. The second-order valence-corrected chi connectivity index (χ2v) is 4.41. The molecule has 4 heteroatoms. The molecule has 0 aromatic heterocycles.